The van der Waals surface area contributed by atoms with Crippen molar-refractivity contribution in [2.24, 2.45) is 0 Å². The normalized spacial score (nSPS) is 15.7. The van der Waals surface area contributed by atoms with Crippen LogP contribution in [0.1, 0.15) is 33.3 Å². The predicted molar refractivity (Wildman–Crippen MR) is 101 cm³/mol. The first-order valence-corrected chi connectivity index (χ1v) is 9.07. The molecule has 29 heavy (non-hydrogen) atoms. The van der Waals surface area contributed by atoms with Gasteiger partial charge in [0.2, 0.25) is 0 Å². The van der Waals surface area contributed by atoms with Gasteiger partial charge in [0.15, 0.2) is 0 Å². The van der Waals surface area contributed by atoms with Crippen molar-refractivity contribution in [3.05, 3.63) is 82.8 Å². The van der Waals surface area contributed by atoms with Gasteiger partial charge in [0, 0.05) is 24.2 Å². The summed E-state index contributed by atoms with van der Waals surface area (Å²) in [6.07, 6.45) is 2.04. The number of benzene rings is 2. The largest absolute Gasteiger partial charge is 0.497 e. The molecule has 0 fully saturated rings. The van der Waals surface area contributed by atoms with Crippen molar-refractivity contribution < 1.29 is 27.5 Å². The zero-order valence-corrected chi connectivity index (χ0v) is 15.9. The number of hydrogen-bond acceptors (Lipinski definition) is 4. The summed E-state index contributed by atoms with van der Waals surface area (Å²) in [5.74, 6) is -0.487. The Kier molecular flexibility index (Phi) is 4.96. The monoisotopic (exact) mass is 399 g/mol. The van der Waals surface area contributed by atoms with Crippen molar-refractivity contribution >= 4 is 5.91 Å². The van der Waals surface area contributed by atoms with E-state index in [-0.39, 0.29) is 5.56 Å². The van der Waals surface area contributed by atoms with Crippen molar-refractivity contribution in [1.82, 2.24) is 4.90 Å². The van der Waals surface area contributed by atoms with Crippen molar-refractivity contribution in [3.63, 3.8) is 0 Å². The Morgan fingerprint density at radius 3 is 2.62 bits per heavy atom. The third-order valence-electron chi connectivity index (χ3n) is 5.10. The van der Waals surface area contributed by atoms with Crippen molar-refractivity contribution in [2.75, 3.05) is 20.8 Å². The minimum absolute atomic E-state index is 0.195. The SMILES string of the molecule is COc1cc2c(c(OC)c1)C(c1ccco1)N(C(=O)c1ccc(F)cc1F)CC2. The van der Waals surface area contributed by atoms with E-state index in [4.69, 9.17) is 13.9 Å². The number of rotatable bonds is 4. The molecule has 3 aromatic rings. The highest BCUT2D eigenvalue weighted by atomic mass is 19.1. The number of furan rings is 1. The molecule has 5 nitrogen and oxygen atoms in total. The second-order valence-electron chi connectivity index (χ2n) is 6.69. The number of nitrogens with zero attached hydrogens (tertiary/aromatic N) is 1. The van der Waals surface area contributed by atoms with E-state index in [0.717, 1.165) is 23.3 Å². The molecule has 150 valence electrons. The van der Waals surface area contributed by atoms with Crippen LogP contribution in [0.2, 0.25) is 0 Å². The molecule has 7 heteroatoms. The van der Waals surface area contributed by atoms with Gasteiger partial charge >= 0.3 is 0 Å². The molecule has 1 aliphatic rings. The lowest BCUT2D eigenvalue weighted by Gasteiger charge is -2.37. The Labute approximate surface area is 166 Å². The maximum Gasteiger partial charge on any atom is 0.257 e. The topological polar surface area (TPSA) is 51.9 Å². The standard InChI is InChI=1S/C22H19F2NO4/c1-27-15-10-13-7-8-25(22(26)16-6-5-14(23)11-17(16)24)21(18-4-3-9-29-18)20(13)19(12-15)28-2/h3-6,9-12,21H,7-8H2,1-2H3. The van der Waals surface area contributed by atoms with E-state index < -0.39 is 23.6 Å². The Bertz CT molecular complexity index is 1030. The molecule has 1 atom stereocenters. The van der Waals surface area contributed by atoms with Crippen LogP contribution in [0.4, 0.5) is 8.78 Å². The molecule has 0 saturated heterocycles. The molecular formula is C22H19F2NO4. The summed E-state index contributed by atoms with van der Waals surface area (Å²) in [6, 6.07) is 9.43. The minimum atomic E-state index is -0.902. The molecule has 0 N–H and O–H groups in total. The maximum atomic E-state index is 14.3. The van der Waals surface area contributed by atoms with Crippen molar-refractivity contribution in [3.8, 4) is 11.5 Å². The minimum Gasteiger partial charge on any atom is -0.497 e. The lowest BCUT2D eigenvalue weighted by Crippen LogP contribution is -2.41. The quantitative estimate of drug-likeness (QED) is 0.654. The Hall–Kier alpha value is -3.35. The van der Waals surface area contributed by atoms with Gasteiger partial charge in [-0.25, -0.2) is 8.78 Å². The third-order valence-corrected chi connectivity index (χ3v) is 5.10. The summed E-state index contributed by atoms with van der Waals surface area (Å²) in [5, 5.41) is 0. The predicted octanol–water partition coefficient (Wildman–Crippen LogP) is 4.36. The average Bonchev–Trinajstić information content (AvgIpc) is 3.26. The fraction of sp³-hybridized carbons (Fsp3) is 0.227. The fourth-order valence-corrected chi connectivity index (χ4v) is 3.77. The van der Waals surface area contributed by atoms with Gasteiger partial charge in [-0.15, -0.1) is 0 Å². The van der Waals surface area contributed by atoms with Gasteiger partial charge in [-0.05, 0) is 42.3 Å². The van der Waals surface area contributed by atoms with Crippen LogP contribution in [-0.4, -0.2) is 31.6 Å². The summed E-state index contributed by atoms with van der Waals surface area (Å²) in [5.41, 5.74) is 1.51. The summed E-state index contributed by atoms with van der Waals surface area (Å²) in [6.45, 7) is 0.324. The van der Waals surface area contributed by atoms with Gasteiger partial charge < -0.3 is 18.8 Å². The molecule has 1 unspecified atom stereocenters. The molecular weight excluding hydrogens is 380 g/mol. The van der Waals surface area contributed by atoms with Crippen molar-refractivity contribution in [1.29, 1.82) is 0 Å². The average molecular weight is 399 g/mol. The number of carbonyl (C=O) groups excluding carboxylic acids is 1. The first-order valence-electron chi connectivity index (χ1n) is 9.07. The molecule has 0 aliphatic carbocycles. The molecule has 1 aromatic heterocycles. The van der Waals surface area contributed by atoms with E-state index in [2.05, 4.69) is 0 Å². The van der Waals surface area contributed by atoms with Gasteiger partial charge in [0.1, 0.15) is 34.9 Å². The molecule has 0 spiro atoms. The zero-order chi connectivity index (χ0) is 20.5. The molecule has 4 rings (SSSR count). The number of hydrogen-bond donors (Lipinski definition) is 0. The van der Waals surface area contributed by atoms with Gasteiger partial charge in [-0.1, -0.05) is 0 Å². The lowest BCUT2D eigenvalue weighted by atomic mass is 9.89. The summed E-state index contributed by atoms with van der Waals surface area (Å²) < 4.78 is 44.2. The molecule has 2 heterocycles. The van der Waals surface area contributed by atoms with Crippen LogP contribution in [0.5, 0.6) is 11.5 Å². The molecule has 2 aromatic carbocycles. The van der Waals surface area contributed by atoms with E-state index in [1.807, 2.05) is 6.07 Å². The van der Waals surface area contributed by atoms with Gasteiger partial charge in [0.25, 0.3) is 5.91 Å². The Morgan fingerprint density at radius 2 is 1.97 bits per heavy atom. The number of ether oxygens (including phenoxy) is 2. The number of methoxy groups -OCH3 is 2. The van der Waals surface area contributed by atoms with Crippen LogP contribution < -0.4 is 9.47 Å². The third kappa shape index (κ3) is 3.33. The van der Waals surface area contributed by atoms with Crippen LogP contribution in [0.25, 0.3) is 0 Å². The highest BCUT2D eigenvalue weighted by Crippen LogP contribution is 2.43. The van der Waals surface area contributed by atoms with Crippen LogP contribution in [0.3, 0.4) is 0 Å². The zero-order valence-electron chi connectivity index (χ0n) is 15.9. The summed E-state index contributed by atoms with van der Waals surface area (Å²) in [7, 11) is 3.11. The van der Waals surface area contributed by atoms with Gasteiger partial charge in [-0.2, -0.15) is 0 Å². The van der Waals surface area contributed by atoms with Gasteiger partial charge in [-0.3, -0.25) is 4.79 Å². The number of halogens is 2. The first kappa shape index (κ1) is 19.0. The molecule has 1 aliphatic heterocycles. The summed E-state index contributed by atoms with van der Waals surface area (Å²) in [4.78, 5) is 14.7. The number of fused-ring (bicyclic) bond motifs is 1. The highest BCUT2D eigenvalue weighted by molar-refractivity contribution is 5.95. The molecule has 0 saturated carbocycles. The van der Waals surface area contributed by atoms with Crippen LogP contribution in [-0.2, 0) is 6.42 Å². The fourth-order valence-electron chi connectivity index (χ4n) is 3.77. The highest BCUT2D eigenvalue weighted by Gasteiger charge is 2.37. The molecule has 1 amide bonds. The van der Waals surface area contributed by atoms with E-state index >= 15 is 0 Å². The maximum absolute atomic E-state index is 14.3. The van der Waals surface area contributed by atoms with E-state index in [1.54, 1.807) is 25.3 Å². The second kappa shape index (κ2) is 7.58. The smallest absolute Gasteiger partial charge is 0.257 e. The van der Waals surface area contributed by atoms with Crippen molar-refractivity contribution in [2.45, 2.75) is 12.5 Å². The molecule has 0 radical (unpaired) electrons. The first-order chi connectivity index (χ1) is 14.0. The lowest BCUT2D eigenvalue weighted by molar-refractivity contribution is 0.0668. The van der Waals surface area contributed by atoms with Crippen LogP contribution >= 0.6 is 0 Å². The van der Waals surface area contributed by atoms with E-state index in [0.29, 0.717) is 36.3 Å². The Balaban J connectivity index is 1.85. The van der Waals surface area contributed by atoms with Gasteiger partial charge in [0.05, 0.1) is 26.0 Å². The summed E-state index contributed by atoms with van der Waals surface area (Å²) >= 11 is 0. The molecule has 0 bridgehead atoms. The number of carbonyl (C=O) groups is 1. The van der Waals surface area contributed by atoms with Crippen LogP contribution in [0, 0.1) is 11.6 Å². The second-order valence-corrected chi connectivity index (χ2v) is 6.69. The Morgan fingerprint density at radius 1 is 1.14 bits per heavy atom. The van der Waals surface area contributed by atoms with Crippen LogP contribution in [0.15, 0.2) is 53.1 Å². The van der Waals surface area contributed by atoms with E-state index in [9.17, 15) is 13.6 Å². The number of amides is 1. The van der Waals surface area contributed by atoms with E-state index in [1.165, 1.54) is 18.3 Å².